The Morgan fingerprint density at radius 2 is 1.44 bits per heavy atom. The molecular weight excluding hydrogens is 328 g/mol. The zero-order chi connectivity index (χ0) is 18.9. The third-order valence-electron chi connectivity index (χ3n) is 7.44. The Balaban J connectivity index is 1.36. The topological polar surface area (TPSA) is 17.1 Å². The van der Waals surface area contributed by atoms with Crippen LogP contribution in [0.15, 0.2) is 24.3 Å². The van der Waals surface area contributed by atoms with Gasteiger partial charge in [-0.1, -0.05) is 82.6 Å². The number of hydrogen-bond acceptors (Lipinski definition) is 1. The Morgan fingerprint density at radius 1 is 0.815 bits per heavy atom. The Morgan fingerprint density at radius 3 is 2.04 bits per heavy atom. The summed E-state index contributed by atoms with van der Waals surface area (Å²) in [7, 11) is 0. The van der Waals surface area contributed by atoms with Gasteiger partial charge in [0.15, 0.2) is 0 Å². The monoisotopic (exact) mass is 368 g/mol. The summed E-state index contributed by atoms with van der Waals surface area (Å²) < 4.78 is 0. The smallest absolute Gasteiger partial charge is 0.123 e. The van der Waals surface area contributed by atoms with E-state index in [9.17, 15) is 4.79 Å². The van der Waals surface area contributed by atoms with Gasteiger partial charge in [0.1, 0.15) is 6.29 Å². The van der Waals surface area contributed by atoms with Crippen LogP contribution in [0.5, 0.6) is 0 Å². The van der Waals surface area contributed by atoms with Crippen molar-refractivity contribution in [3.63, 3.8) is 0 Å². The summed E-state index contributed by atoms with van der Waals surface area (Å²) in [5, 5.41) is 0. The summed E-state index contributed by atoms with van der Waals surface area (Å²) in [6.45, 7) is 2.31. The average Bonchev–Trinajstić information content (AvgIpc) is 2.74. The van der Waals surface area contributed by atoms with Crippen LogP contribution in [0.1, 0.15) is 107 Å². The largest absolute Gasteiger partial charge is 0.303 e. The third kappa shape index (κ3) is 6.47. The summed E-state index contributed by atoms with van der Waals surface area (Å²) >= 11 is 0. The molecule has 0 amide bonds. The Kier molecular flexibility index (Phi) is 8.42. The minimum absolute atomic E-state index is 0.322. The Bertz CT molecular complexity index is 530. The van der Waals surface area contributed by atoms with Crippen LogP contribution in [0.3, 0.4) is 0 Å². The molecule has 0 N–H and O–H groups in total. The fourth-order valence-corrected chi connectivity index (χ4v) is 5.41. The molecule has 3 rings (SSSR count). The SMILES string of the molecule is CCCCCC1CCC(CCc2ccc(C3CCC(C=O)CC3)cc2)CC1. The summed E-state index contributed by atoms with van der Waals surface area (Å²) in [5.41, 5.74) is 3.01. The first-order valence-corrected chi connectivity index (χ1v) is 11.8. The Labute approximate surface area is 167 Å². The van der Waals surface area contributed by atoms with E-state index >= 15 is 0 Å². The maximum Gasteiger partial charge on any atom is 0.123 e. The van der Waals surface area contributed by atoms with E-state index in [1.54, 1.807) is 0 Å². The van der Waals surface area contributed by atoms with E-state index in [2.05, 4.69) is 31.2 Å². The lowest BCUT2D eigenvalue weighted by molar-refractivity contribution is -0.111. The van der Waals surface area contributed by atoms with Gasteiger partial charge in [0.05, 0.1) is 0 Å². The second-order valence-corrected chi connectivity index (χ2v) is 9.41. The molecule has 27 heavy (non-hydrogen) atoms. The van der Waals surface area contributed by atoms with Crippen molar-refractivity contribution in [2.24, 2.45) is 17.8 Å². The summed E-state index contributed by atoms with van der Waals surface area (Å²) in [6.07, 6.45) is 19.9. The van der Waals surface area contributed by atoms with Crippen LogP contribution < -0.4 is 0 Å². The summed E-state index contributed by atoms with van der Waals surface area (Å²) in [5.74, 6) is 2.99. The van der Waals surface area contributed by atoms with Gasteiger partial charge in [-0.2, -0.15) is 0 Å². The van der Waals surface area contributed by atoms with Crippen LogP contribution in [-0.4, -0.2) is 6.29 Å². The highest BCUT2D eigenvalue weighted by Crippen LogP contribution is 2.36. The maximum atomic E-state index is 10.9. The molecule has 1 nitrogen and oxygen atoms in total. The standard InChI is InChI=1S/C26H40O/c1-2-3-4-5-21-6-8-22(9-7-21)10-11-23-12-16-25(17-13-23)26-18-14-24(20-27)15-19-26/h12-13,16-17,20-22,24,26H,2-11,14-15,18-19H2,1H3. The first-order chi connectivity index (χ1) is 13.3. The van der Waals surface area contributed by atoms with E-state index in [4.69, 9.17) is 0 Å². The molecule has 150 valence electrons. The highest BCUT2D eigenvalue weighted by molar-refractivity contribution is 5.53. The highest BCUT2D eigenvalue weighted by atomic mass is 16.1. The van der Waals surface area contributed by atoms with Crippen molar-refractivity contribution in [1.29, 1.82) is 0 Å². The number of aldehydes is 1. The molecule has 0 unspecified atom stereocenters. The number of carbonyl (C=O) groups is 1. The molecule has 0 saturated heterocycles. The molecule has 2 aliphatic carbocycles. The molecule has 1 aromatic carbocycles. The molecule has 0 heterocycles. The van der Waals surface area contributed by atoms with Crippen LogP contribution >= 0.6 is 0 Å². The third-order valence-corrected chi connectivity index (χ3v) is 7.44. The molecule has 0 spiro atoms. The van der Waals surface area contributed by atoms with Crippen molar-refractivity contribution in [3.05, 3.63) is 35.4 Å². The van der Waals surface area contributed by atoms with E-state index in [0.717, 1.165) is 31.0 Å². The van der Waals surface area contributed by atoms with Crippen LogP contribution in [0.4, 0.5) is 0 Å². The molecule has 0 radical (unpaired) electrons. The summed E-state index contributed by atoms with van der Waals surface area (Å²) in [4.78, 5) is 10.9. The van der Waals surface area contributed by atoms with Crippen molar-refractivity contribution >= 4 is 6.29 Å². The number of rotatable bonds is 9. The van der Waals surface area contributed by atoms with Gasteiger partial charge in [0, 0.05) is 5.92 Å². The number of hydrogen-bond donors (Lipinski definition) is 0. The minimum Gasteiger partial charge on any atom is -0.303 e. The quantitative estimate of drug-likeness (QED) is 0.326. The van der Waals surface area contributed by atoms with Crippen LogP contribution in [0, 0.1) is 17.8 Å². The van der Waals surface area contributed by atoms with Gasteiger partial charge in [0.25, 0.3) is 0 Å². The number of carbonyl (C=O) groups excluding carboxylic acids is 1. The van der Waals surface area contributed by atoms with Crippen molar-refractivity contribution in [2.75, 3.05) is 0 Å². The lowest BCUT2D eigenvalue weighted by Gasteiger charge is -2.28. The van der Waals surface area contributed by atoms with Crippen molar-refractivity contribution in [2.45, 2.75) is 103 Å². The molecular formula is C26H40O. The molecule has 0 atom stereocenters. The van der Waals surface area contributed by atoms with Crippen molar-refractivity contribution in [1.82, 2.24) is 0 Å². The Hall–Kier alpha value is -1.11. The van der Waals surface area contributed by atoms with E-state index in [-0.39, 0.29) is 0 Å². The second kappa shape index (κ2) is 11.0. The van der Waals surface area contributed by atoms with Gasteiger partial charge in [-0.3, -0.25) is 0 Å². The zero-order valence-corrected chi connectivity index (χ0v) is 17.5. The number of benzene rings is 1. The lowest BCUT2D eigenvalue weighted by atomic mass is 9.77. The molecule has 0 aliphatic heterocycles. The van der Waals surface area contributed by atoms with Crippen molar-refractivity contribution < 1.29 is 4.79 Å². The normalized spacial score (nSPS) is 28.8. The summed E-state index contributed by atoms with van der Waals surface area (Å²) in [6, 6.07) is 9.48. The average molecular weight is 369 g/mol. The van der Waals surface area contributed by atoms with Gasteiger partial charge in [-0.05, 0) is 67.4 Å². The fraction of sp³-hybridized carbons (Fsp3) is 0.731. The predicted molar refractivity (Wildman–Crippen MR) is 115 cm³/mol. The first kappa shape index (κ1) is 20.6. The van der Waals surface area contributed by atoms with Crippen LogP contribution in [0.2, 0.25) is 0 Å². The second-order valence-electron chi connectivity index (χ2n) is 9.41. The molecule has 1 heteroatoms. The lowest BCUT2D eigenvalue weighted by Crippen LogP contribution is -2.15. The molecule has 2 fully saturated rings. The molecule has 1 aromatic rings. The predicted octanol–water partition coefficient (Wildman–Crippen LogP) is 7.48. The van der Waals surface area contributed by atoms with Gasteiger partial charge >= 0.3 is 0 Å². The van der Waals surface area contributed by atoms with Gasteiger partial charge in [-0.25, -0.2) is 0 Å². The molecule has 0 aromatic heterocycles. The van der Waals surface area contributed by atoms with E-state index in [1.165, 1.54) is 88.2 Å². The molecule has 0 bridgehead atoms. The van der Waals surface area contributed by atoms with Gasteiger partial charge < -0.3 is 4.79 Å². The molecule has 2 saturated carbocycles. The van der Waals surface area contributed by atoms with Gasteiger partial charge in [-0.15, -0.1) is 0 Å². The number of unbranched alkanes of at least 4 members (excludes halogenated alkanes) is 2. The van der Waals surface area contributed by atoms with Crippen LogP contribution in [0.25, 0.3) is 0 Å². The first-order valence-electron chi connectivity index (χ1n) is 11.8. The van der Waals surface area contributed by atoms with Crippen molar-refractivity contribution in [3.8, 4) is 0 Å². The fourth-order valence-electron chi connectivity index (χ4n) is 5.41. The maximum absolute atomic E-state index is 10.9. The van der Waals surface area contributed by atoms with E-state index < -0.39 is 0 Å². The molecule has 2 aliphatic rings. The van der Waals surface area contributed by atoms with E-state index in [1.807, 2.05) is 0 Å². The number of aryl methyl sites for hydroxylation is 1. The van der Waals surface area contributed by atoms with Crippen LogP contribution in [-0.2, 0) is 11.2 Å². The zero-order valence-electron chi connectivity index (χ0n) is 17.5. The highest BCUT2D eigenvalue weighted by Gasteiger charge is 2.22. The van der Waals surface area contributed by atoms with Gasteiger partial charge in [0.2, 0.25) is 0 Å². The minimum atomic E-state index is 0.322. The van der Waals surface area contributed by atoms with E-state index in [0.29, 0.717) is 11.8 Å².